The number of hydrogen-bond acceptors (Lipinski definition) is 3. The van der Waals surface area contributed by atoms with E-state index >= 15 is 0 Å². The molecule has 0 radical (unpaired) electrons. The number of aliphatic hydroxyl groups excluding tert-OH is 1. The Morgan fingerprint density at radius 3 is 2.11 bits per heavy atom. The van der Waals surface area contributed by atoms with Crippen LogP contribution in [0.1, 0.15) is 47.0 Å². The molecule has 0 aliphatic carbocycles. The molecule has 0 spiro atoms. The molecule has 0 aliphatic heterocycles. The van der Waals surface area contributed by atoms with E-state index in [2.05, 4.69) is 13.8 Å². The van der Waals surface area contributed by atoms with Gasteiger partial charge in [-0.1, -0.05) is 20.8 Å². The zero-order valence-electron chi connectivity index (χ0n) is 12.8. The topological polar surface area (TPSA) is 60.9 Å². The Hall–Kier alpha value is -1.10. The average molecular weight is 272 g/mol. The van der Waals surface area contributed by atoms with Gasteiger partial charge in [-0.2, -0.15) is 0 Å². The highest BCUT2D eigenvalue weighted by molar-refractivity contribution is 5.79. The van der Waals surface area contributed by atoms with Crippen LogP contribution >= 0.6 is 0 Å². The minimum atomic E-state index is -0.845. The van der Waals surface area contributed by atoms with Gasteiger partial charge in [0, 0.05) is 33.0 Å². The zero-order valence-corrected chi connectivity index (χ0v) is 12.8. The van der Waals surface area contributed by atoms with Crippen molar-refractivity contribution in [1.82, 2.24) is 9.80 Å². The molecule has 0 bridgehead atoms. The van der Waals surface area contributed by atoms with Gasteiger partial charge in [0.1, 0.15) is 6.23 Å². The largest absolute Gasteiger partial charge is 0.374 e. The van der Waals surface area contributed by atoms with Crippen molar-refractivity contribution < 1.29 is 14.7 Å². The average Bonchev–Trinajstić information content (AvgIpc) is 2.27. The summed E-state index contributed by atoms with van der Waals surface area (Å²) in [6, 6.07) is 0. The number of nitrogens with zero attached hydrogens (tertiary/aromatic N) is 2. The Morgan fingerprint density at radius 2 is 1.68 bits per heavy atom. The van der Waals surface area contributed by atoms with E-state index < -0.39 is 6.23 Å². The molecule has 19 heavy (non-hydrogen) atoms. The summed E-state index contributed by atoms with van der Waals surface area (Å²) in [4.78, 5) is 26.7. The molecule has 112 valence electrons. The number of aliphatic hydroxyl groups is 1. The lowest BCUT2D eigenvalue weighted by molar-refractivity contribution is -0.141. The fraction of sp³-hybridized carbons (Fsp3) is 0.857. The Kier molecular flexibility index (Phi) is 8.39. The Balaban J connectivity index is 4.32. The van der Waals surface area contributed by atoms with Gasteiger partial charge in [-0.15, -0.1) is 0 Å². The first-order valence-corrected chi connectivity index (χ1v) is 7.01. The second-order valence-corrected chi connectivity index (χ2v) is 5.39. The van der Waals surface area contributed by atoms with Crippen LogP contribution < -0.4 is 0 Å². The van der Waals surface area contributed by atoms with Gasteiger partial charge in [-0.05, 0) is 19.3 Å². The van der Waals surface area contributed by atoms with Crippen LogP contribution in [0.2, 0.25) is 0 Å². The minimum Gasteiger partial charge on any atom is -0.374 e. The van der Waals surface area contributed by atoms with Gasteiger partial charge < -0.3 is 14.9 Å². The quantitative estimate of drug-likeness (QED) is 0.680. The van der Waals surface area contributed by atoms with Gasteiger partial charge in [-0.25, -0.2) is 0 Å². The van der Waals surface area contributed by atoms with Crippen LogP contribution in [0, 0.1) is 5.92 Å². The number of carbonyl (C=O) groups excluding carboxylic acids is 2. The molecule has 0 aliphatic rings. The van der Waals surface area contributed by atoms with Crippen molar-refractivity contribution >= 4 is 11.8 Å². The molecule has 0 fully saturated rings. The van der Waals surface area contributed by atoms with Gasteiger partial charge in [-0.3, -0.25) is 9.59 Å². The van der Waals surface area contributed by atoms with E-state index in [9.17, 15) is 14.7 Å². The van der Waals surface area contributed by atoms with E-state index in [-0.39, 0.29) is 24.8 Å². The van der Waals surface area contributed by atoms with E-state index in [1.54, 1.807) is 18.9 Å². The summed E-state index contributed by atoms with van der Waals surface area (Å²) < 4.78 is 0. The van der Waals surface area contributed by atoms with Crippen LogP contribution in [0.3, 0.4) is 0 Å². The van der Waals surface area contributed by atoms with E-state index in [4.69, 9.17) is 0 Å². The normalized spacial score (nSPS) is 12.4. The van der Waals surface area contributed by atoms with Crippen molar-refractivity contribution in [3.63, 3.8) is 0 Å². The first kappa shape index (κ1) is 17.9. The minimum absolute atomic E-state index is 0.00338. The zero-order chi connectivity index (χ0) is 15.0. The fourth-order valence-electron chi connectivity index (χ4n) is 1.93. The summed E-state index contributed by atoms with van der Waals surface area (Å²) in [7, 11) is 1.77. The van der Waals surface area contributed by atoms with E-state index in [0.29, 0.717) is 18.9 Å². The molecule has 1 N–H and O–H groups in total. The third-order valence-electron chi connectivity index (χ3n) is 2.87. The lowest BCUT2D eigenvalue weighted by Crippen LogP contribution is -2.41. The molecule has 0 aromatic heterocycles. The highest BCUT2D eigenvalue weighted by Gasteiger charge is 2.19. The molecule has 5 nitrogen and oxygen atoms in total. The van der Waals surface area contributed by atoms with Gasteiger partial charge >= 0.3 is 0 Å². The lowest BCUT2D eigenvalue weighted by Gasteiger charge is -2.27. The second kappa shape index (κ2) is 8.91. The summed E-state index contributed by atoms with van der Waals surface area (Å²) >= 11 is 0. The smallest absolute Gasteiger partial charge is 0.224 e. The van der Waals surface area contributed by atoms with Crippen molar-refractivity contribution in [3.05, 3.63) is 0 Å². The molecule has 5 heteroatoms. The van der Waals surface area contributed by atoms with Gasteiger partial charge in [0.2, 0.25) is 11.8 Å². The molecular weight excluding hydrogens is 244 g/mol. The standard InChI is InChI=1S/C14H28N2O3/c1-6-7-14(19)16(12(4)17)9-8-13(18)15(5)10-11(2)3/h11-12,17H,6-10H2,1-5H3. The van der Waals surface area contributed by atoms with Crippen LogP contribution in [0.15, 0.2) is 0 Å². The first-order chi connectivity index (χ1) is 8.79. The molecule has 0 saturated carbocycles. The maximum Gasteiger partial charge on any atom is 0.224 e. The molecule has 1 atom stereocenters. The molecule has 0 saturated heterocycles. The molecule has 2 amide bonds. The van der Waals surface area contributed by atoms with Crippen molar-refractivity contribution in [3.8, 4) is 0 Å². The van der Waals surface area contributed by atoms with Crippen LogP contribution in [0.4, 0.5) is 0 Å². The monoisotopic (exact) mass is 272 g/mol. The van der Waals surface area contributed by atoms with Crippen LogP contribution in [-0.2, 0) is 9.59 Å². The maximum atomic E-state index is 11.9. The van der Waals surface area contributed by atoms with Gasteiger partial charge in [0.25, 0.3) is 0 Å². The van der Waals surface area contributed by atoms with Crippen molar-refractivity contribution in [1.29, 1.82) is 0 Å². The van der Waals surface area contributed by atoms with Gasteiger partial charge in [0.15, 0.2) is 0 Å². The van der Waals surface area contributed by atoms with Crippen molar-refractivity contribution in [2.75, 3.05) is 20.1 Å². The summed E-state index contributed by atoms with van der Waals surface area (Å²) in [5.74, 6) is 0.323. The van der Waals surface area contributed by atoms with E-state index in [1.807, 2.05) is 6.92 Å². The van der Waals surface area contributed by atoms with Crippen LogP contribution in [-0.4, -0.2) is 53.1 Å². The third-order valence-corrected chi connectivity index (χ3v) is 2.87. The van der Waals surface area contributed by atoms with Crippen molar-refractivity contribution in [2.45, 2.75) is 53.2 Å². The first-order valence-electron chi connectivity index (χ1n) is 7.01. The van der Waals surface area contributed by atoms with Crippen LogP contribution in [0.5, 0.6) is 0 Å². The molecule has 0 aromatic carbocycles. The predicted octanol–water partition coefficient (Wildman–Crippen LogP) is 1.46. The number of hydrogen-bond donors (Lipinski definition) is 1. The Bertz CT molecular complexity index is 290. The number of rotatable bonds is 8. The van der Waals surface area contributed by atoms with Gasteiger partial charge in [0.05, 0.1) is 0 Å². The Labute approximate surface area is 116 Å². The Morgan fingerprint density at radius 1 is 1.11 bits per heavy atom. The van der Waals surface area contributed by atoms with E-state index in [1.165, 1.54) is 4.90 Å². The SMILES string of the molecule is CCCC(=O)N(CCC(=O)N(C)CC(C)C)C(C)O. The number of carbonyl (C=O) groups is 2. The summed E-state index contributed by atoms with van der Waals surface area (Å²) in [5, 5.41) is 9.59. The lowest BCUT2D eigenvalue weighted by atomic mass is 10.2. The summed E-state index contributed by atoms with van der Waals surface area (Å²) in [6.07, 6.45) is 0.551. The van der Waals surface area contributed by atoms with Crippen LogP contribution in [0.25, 0.3) is 0 Å². The second-order valence-electron chi connectivity index (χ2n) is 5.39. The molecule has 0 rings (SSSR count). The number of amides is 2. The molecule has 0 heterocycles. The molecular formula is C14H28N2O3. The highest BCUT2D eigenvalue weighted by atomic mass is 16.3. The van der Waals surface area contributed by atoms with E-state index in [0.717, 1.165) is 6.42 Å². The maximum absolute atomic E-state index is 11.9. The molecule has 1 unspecified atom stereocenters. The fourth-order valence-corrected chi connectivity index (χ4v) is 1.93. The summed E-state index contributed by atoms with van der Waals surface area (Å²) in [6.45, 7) is 8.55. The molecule has 0 aromatic rings. The van der Waals surface area contributed by atoms with Crippen molar-refractivity contribution in [2.24, 2.45) is 5.92 Å². The summed E-state index contributed by atoms with van der Waals surface area (Å²) in [5.41, 5.74) is 0. The highest BCUT2D eigenvalue weighted by Crippen LogP contribution is 2.05. The predicted molar refractivity (Wildman–Crippen MR) is 75.4 cm³/mol. The third kappa shape index (κ3) is 7.15.